The molecule has 1 heterocycles. The van der Waals surface area contributed by atoms with Crippen molar-refractivity contribution in [3.63, 3.8) is 0 Å². The summed E-state index contributed by atoms with van der Waals surface area (Å²) in [5.74, 6) is 0. The summed E-state index contributed by atoms with van der Waals surface area (Å²) in [6, 6.07) is 62.4. The highest BCUT2D eigenvalue weighted by molar-refractivity contribution is 7.20. The number of hydrogen-bond donors (Lipinski definition) is 0. The summed E-state index contributed by atoms with van der Waals surface area (Å²) in [5.41, 5.74) is 6.12. The van der Waals surface area contributed by atoms with Gasteiger partial charge in [-0.05, 0) is 74.3 Å². The second kappa shape index (κ2) is 12.6. The molecule has 4 nitrogen and oxygen atoms in total. The molecule has 0 radical (unpaired) electrons. The smallest absolute Gasteiger partial charge is 0.196 e. The third-order valence-electron chi connectivity index (χ3n) is 9.64. The van der Waals surface area contributed by atoms with Crippen LogP contribution in [0.25, 0.3) is 43.5 Å². The monoisotopic (exact) mass is 652 g/mol. The molecule has 0 atom stereocenters. The van der Waals surface area contributed by atoms with Gasteiger partial charge in [0.25, 0.3) is 0 Å². The standard InChI is InChI=1S/C45H28N4Si/c1-48-42-29-35(49-43-20-12-11-19-40(43)41-27-32(30-46)21-25-44(41)49)23-24-39(42)33-22-26-45(34(28-33)31-47)50(36-13-5-2-6-14-36,37-15-7-3-8-16-37)38-17-9-4-10-18-38/h2-29H. The van der Waals surface area contributed by atoms with Gasteiger partial charge in [-0.2, -0.15) is 10.5 Å². The summed E-state index contributed by atoms with van der Waals surface area (Å²) < 4.78 is 2.15. The highest BCUT2D eigenvalue weighted by Crippen LogP contribution is 2.37. The second-order valence-electron chi connectivity index (χ2n) is 12.2. The van der Waals surface area contributed by atoms with E-state index in [1.165, 1.54) is 15.6 Å². The quantitative estimate of drug-likeness (QED) is 0.104. The van der Waals surface area contributed by atoms with Crippen molar-refractivity contribution in [3.8, 4) is 29.0 Å². The number of hydrogen-bond acceptors (Lipinski definition) is 2. The molecule has 0 aliphatic rings. The predicted octanol–water partition coefficient (Wildman–Crippen LogP) is 8.12. The van der Waals surface area contributed by atoms with E-state index in [1.54, 1.807) is 0 Å². The molecule has 0 saturated carbocycles. The van der Waals surface area contributed by atoms with E-state index in [0.29, 0.717) is 16.8 Å². The lowest BCUT2D eigenvalue weighted by Gasteiger charge is -2.35. The van der Waals surface area contributed by atoms with Gasteiger partial charge in [0.05, 0.1) is 40.9 Å². The largest absolute Gasteiger partial charge is 0.311 e. The number of nitrogens with zero attached hydrogens (tertiary/aromatic N) is 4. The van der Waals surface area contributed by atoms with Crippen molar-refractivity contribution in [3.05, 3.63) is 192 Å². The first-order valence-electron chi connectivity index (χ1n) is 16.3. The zero-order chi connectivity index (χ0) is 34.1. The van der Waals surface area contributed by atoms with E-state index in [9.17, 15) is 10.5 Å². The zero-order valence-electron chi connectivity index (χ0n) is 27.0. The average Bonchev–Trinajstić information content (AvgIpc) is 3.53. The van der Waals surface area contributed by atoms with Crippen molar-refractivity contribution in [2.45, 2.75) is 0 Å². The van der Waals surface area contributed by atoms with Crippen LogP contribution in [-0.4, -0.2) is 12.6 Å². The summed E-state index contributed by atoms with van der Waals surface area (Å²) >= 11 is 0. The molecule has 8 aromatic rings. The predicted molar refractivity (Wildman–Crippen MR) is 206 cm³/mol. The Labute approximate surface area is 291 Å². The summed E-state index contributed by atoms with van der Waals surface area (Å²) in [6.45, 7) is 8.23. The first kappa shape index (κ1) is 30.4. The fourth-order valence-corrected chi connectivity index (χ4v) is 12.4. The molecule has 7 aromatic carbocycles. The van der Waals surface area contributed by atoms with Crippen LogP contribution in [-0.2, 0) is 0 Å². The molecule has 232 valence electrons. The molecular weight excluding hydrogens is 625 g/mol. The number of fused-ring (bicyclic) bond motifs is 3. The number of rotatable bonds is 6. The van der Waals surface area contributed by atoms with Crippen LogP contribution in [0, 0.1) is 29.2 Å². The van der Waals surface area contributed by atoms with Crippen molar-refractivity contribution in [1.29, 1.82) is 10.5 Å². The maximum Gasteiger partial charge on any atom is 0.196 e. The van der Waals surface area contributed by atoms with Crippen LogP contribution in [0.3, 0.4) is 0 Å². The van der Waals surface area contributed by atoms with E-state index in [0.717, 1.165) is 43.8 Å². The van der Waals surface area contributed by atoms with Gasteiger partial charge in [-0.3, -0.25) is 0 Å². The van der Waals surface area contributed by atoms with E-state index in [1.807, 2.05) is 72.8 Å². The van der Waals surface area contributed by atoms with Crippen LogP contribution in [0.5, 0.6) is 0 Å². The van der Waals surface area contributed by atoms with E-state index in [-0.39, 0.29) is 0 Å². The van der Waals surface area contributed by atoms with Crippen LogP contribution in [0.15, 0.2) is 170 Å². The van der Waals surface area contributed by atoms with Gasteiger partial charge in [0.1, 0.15) is 0 Å². The molecule has 1 aromatic heterocycles. The third-order valence-corrected chi connectivity index (χ3v) is 14.5. The number of para-hydroxylation sites is 1. The summed E-state index contributed by atoms with van der Waals surface area (Å²) in [5, 5.41) is 27.0. The Morgan fingerprint density at radius 2 is 1.14 bits per heavy atom. The zero-order valence-corrected chi connectivity index (χ0v) is 28.0. The van der Waals surface area contributed by atoms with Gasteiger partial charge in [0, 0.05) is 16.5 Å². The van der Waals surface area contributed by atoms with Crippen LogP contribution in [0.2, 0.25) is 0 Å². The van der Waals surface area contributed by atoms with Gasteiger partial charge in [-0.15, -0.1) is 0 Å². The maximum atomic E-state index is 10.8. The fourth-order valence-electron chi connectivity index (χ4n) is 7.48. The normalized spacial score (nSPS) is 11.1. The molecule has 0 unspecified atom stereocenters. The molecule has 0 saturated heterocycles. The van der Waals surface area contributed by atoms with E-state index >= 15 is 0 Å². The highest BCUT2D eigenvalue weighted by atomic mass is 28.3. The van der Waals surface area contributed by atoms with Gasteiger partial charge in [-0.25, -0.2) is 4.85 Å². The number of nitriles is 2. The van der Waals surface area contributed by atoms with Gasteiger partial charge >= 0.3 is 0 Å². The highest BCUT2D eigenvalue weighted by Gasteiger charge is 2.43. The van der Waals surface area contributed by atoms with E-state index in [2.05, 4.69) is 119 Å². The fraction of sp³-hybridized carbons (Fsp3) is 0. The van der Waals surface area contributed by atoms with Crippen LogP contribution >= 0.6 is 0 Å². The molecule has 0 aliphatic heterocycles. The Morgan fingerprint density at radius 1 is 0.540 bits per heavy atom. The summed E-state index contributed by atoms with van der Waals surface area (Å²) in [7, 11) is -2.92. The molecular formula is C45H28N4Si. The molecule has 0 aliphatic carbocycles. The molecule has 5 heteroatoms. The lowest BCUT2D eigenvalue weighted by Crippen LogP contribution is -2.75. The molecule has 8 rings (SSSR count). The molecule has 0 fully saturated rings. The third kappa shape index (κ3) is 4.80. The van der Waals surface area contributed by atoms with Crippen LogP contribution < -0.4 is 20.7 Å². The van der Waals surface area contributed by atoms with Crippen molar-refractivity contribution >= 4 is 56.3 Å². The lowest BCUT2D eigenvalue weighted by atomic mass is 10.0. The summed E-state index contributed by atoms with van der Waals surface area (Å²) in [4.78, 5) is 3.99. The molecule has 50 heavy (non-hydrogen) atoms. The molecule has 0 amide bonds. The Bertz CT molecular complexity index is 2580. The minimum atomic E-state index is -2.92. The van der Waals surface area contributed by atoms with Gasteiger partial charge in [-0.1, -0.05) is 127 Å². The van der Waals surface area contributed by atoms with Crippen LogP contribution in [0.1, 0.15) is 11.1 Å². The van der Waals surface area contributed by atoms with Crippen molar-refractivity contribution in [2.24, 2.45) is 0 Å². The van der Waals surface area contributed by atoms with Gasteiger partial charge in [0.15, 0.2) is 13.8 Å². The van der Waals surface area contributed by atoms with E-state index in [4.69, 9.17) is 6.57 Å². The minimum Gasteiger partial charge on any atom is -0.311 e. The number of benzene rings is 7. The first-order valence-corrected chi connectivity index (χ1v) is 18.3. The summed E-state index contributed by atoms with van der Waals surface area (Å²) in [6.07, 6.45) is 0. The van der Waals surface area contributed by atoms with Crippen molar-refractivity contribution < 1.29 is 0 Å². The molecule has 0 bridgehead atoms. The lowest BCUT2D eigenvalue weighted by molar-refractivity contribution is 1.18. The van der Waals surface area contributed by atoms with Crippen molar-refractivity contribution in [2.75, 3.05) is 0 Å². The van der Waals surface area contributed by atoms with Crippen LogP contribution in [0.4, 0.5) is 5.69 Å². The average molecular weight is 653 g/mol. The SMILES string of the molecule is [C-]#[N+]c1cc(-n2c3ccccc3c3cc(C#N)ccc32)ccc1-c1ccc([Si](c2ccccc2)(c2ccccc2)c2ccccc2)c(C#N)c1. The Balaban J connectivity index is 1.32. The van der Waals surface area contributed by atoms with Gasteiger partial charge in [0.2, 0.25) is 0 Å². The Morgan fingerprint density at radius 3 is 1.74 bits per heavy atom. The van der Waals surface area contributed by atoms with Gasteiger partial charge < -0.3 is 4.57 Å². The van der Waals surface area contributed by atoms with Crippen molar-refractivity contribution in [1.82, 2.24) is 4.57 Å². The second-order valence-corrected chi connectivity index (χ2v) is 16.0. The molecule has 0 N–H and O–H groups in total. The Hall–Kier alpha value is -6.97. The minimum absolute atomic E-state index is 0.497. The first-order chi connectivity index (χ1) is 24.7. The Kier molecular flexibility index (Phi) is 7.63. The number of aromatic nitrogens is 1. The maximum absolute atomic E-state index is 10.8. The topological polar surface area (TPSA) is 56.9 Å². The van der Waals surface area contributed by atoms with E-state index < -0.39 is 8.07 Å². The molecule has 0 spiro atoms.